The van der Waals surface area contributed by atoms with Crippen molar-refractivity contribution in [2.45, 2.75) is 25.6 Å². The maximum Gasteiger partial charge on any atom is 0.406 e. The molecule has 126 valence electrons. The summed E-state index contributed by atoms with van der Waals surface area (Å²) >= 11 is 3.31. The van der Waals surface area contributed by atoms with E-state index < -0.39 is 30.5 Å². The van der Waals surface area contributed by atoms with Crippen LogP contribution in [0.5, 0.6) is 0 Å². The summed E-state index contributed by atoms with van der Waals surface area (Å²) in [5, 5.41) is 2.75. The van der Waals surface area contributed by atoms with Gasteiger partial charge in [-0.1, -0.05) is 28.1 Å². The predicted molar refractivity (Wildman–Crippen MR) is 81.4 cm³/mol. The molecule has 0 unspecified atom stereocenters. The SMILES string of the molecule is C[C@@H](NC(=O)[C@@H]1CC(=O)N(CC(F)(F)F)C1)c1ccc(Br)cc1. The van der Waals surface area contributed by atoms with Crippen LogP contribution in [0.1, 0.15) is 24.9 Å². The van der Waals surface area contributed by atoms with Crippen LogP contribution in [-0.2, 0) is 9.59 Å². The third kappa shape index (κ3) is 4.95. The quantitative estimate of drug-likeness (QED) is 0.855. The molecule has 1 aliphatic heterocycles. The first kappa shape index (κ1) is 17.8. The molecule has 4 nitrogen and oxygen atoms in total. The summed E-state index contributed by atoms with van der Waals surface area (Å²) in [6.07, 6.45) is -4.64. The summed E-state index contributed by atoms with van der Waals surface area (Å²) in [6, 6.07) is 7.06. The van der Waals surface area contributed by atoms with Gasteiger partial charge >= 0.3 is 6.18 Å². The van der Waals surface area contributed by atoms with Gasteiger partial charge in [0.05, 0.1) is 12.0 Å². The lowest BCUT2D eigenvalue weighted by molar-refractivity contribution is -0.157. The second-order valence-corrected chi connectivity index (χ2v) is 6.49. The van der Waals surface area contributed by atoms with Gasteiger partial charge in [0, 0.05) is 17.4 Å². The molecule has 23 heavy (non-hydrogen) atoms. The van der Waals surface area contributed by atoms with Crippen LogP contribution in [0.2, 0.25) is 0 Å². The average Bonchev–Trinajstić information content (AvgIpc) is 2.79. The lowest BCUT2D eigenvalue weighted by Crippen LogP contribution is -2.37. The van der Waals surface area contributed by atoms with Gasteiger partial charge in [-0.3, -0.25) is 9.59 Å². The summed E-state index contributed by atoms with van der Waals surface area (Å²) in [4.78, 5) is 24.5. The van der Waals surface area contributed by atoms with Crippen molar-refractivity contribution in [3.63, 3.8) is 0 Å². The Hall–Kier alpha value is -1.57. The minimum Gasteiger partial charge on any atom is -0.349 e. The Bertz CT molecular complexity index is 589. The maximum atomic E-state index is 12.4. The van der Waals surface area contributed by atoms with Crippen LogP contribution < -0.4 is 5.32 Å². The van der Waals surface area contributed by atoms with Crippen LogP contribution >= 0.6 is 15.9 Å². The van der Waals surface area contributed by atoms with Crippen molar-refractivity contribution < 1.29 is 22.8 Å². The molecule has 1 saturated heterocycles. The number of hydrogen-bond donors (Lipinski definition) is 1. The first-order chi connectivity index (χ1) is 10.7. The molecule has 0 aliphatic carbocycles. The van der Waals surface area contributed by atoms with Gasteiger partial charge in [0.15, 0.2) is 0 Å². The van der Waals surface area contributed by atoms with Crippen LogP contribution in [0.3, 0.4) is 0 Å². The lowest BCUT2D eigenvalue weighted by atomic mass is 10.1. The van der Waals surface area contributed by atoms with Gasteiger partial charge in [-0.05, 0) is 24.6 Å². The topological polar surface area (TPSA) is 49.4 Å². The highest BCUT2D eigenvalue weighted by Crippen LogP contribution is 2.25. The number of carbonyl (C=O) groups excluding carboxylic acids is 2. The summed E-state index contributed by atoms with van der Waals surface area (Å²) < 4.78 is 38.0. The molecule has 1 aromatic rings. The van der Waals surface area contributed by atoms with Gasteiger partial charge in [-0.25, -0.2) is 0 Å². The van der Waals surface area contributed by atoms with Gasteiger partial charge < -0.3 is 10.2 Å². The van der Waals surface area contributed by atoms with Crippen LogP contribution in [0, 0.1) is 5.92 Å². The number of carbonyl (C=O) groups is 2. The maximum absolute atomic E-state index is 12.4. The van der Waals surface area contributed by atoms with Crippen LogP contribution in [-0.4, -0.2) is 36.0 Å². The highest BCUT2D eigenvalue weighted by atomic mass is 79.9. The van der Waals surface area contributed by atoms with Gasteiger partial charge in [0.2, 0.25) is 11.8 Å². The zero-order valence-corrected chi connectivity index (χ0v) is 13.9. The second-order valence-electron chi connectivity index (χ2n) is 5.57. The van der Waals surface area contributed by atoms with Gasteiger partial charge in [-0.2, -0.15) is 13.2 Å². The summed E-state index contributed by atoms with van der Waals surface area (Å²) in [6.45, 7) is 0.278. The van der Waals surface area contributed by atoms with E-state index in [0.29, 0.717) is 4.90 Å². The monoisotopic (exact) mass is 392 g/mol. The van der Waals surface area contributed by atoms with Crippen LogP contribution in [0.25, 0.3) is 0 Å². The number of nitrogens with one attached hydrogen (secondary N) is 1. The zero-order chi connectivity index (χ0) is 17.2. The summed E-state index contributed by atoms with van der Waals surface area (Å²) in [5.74, 6) is -1.79. The first-order valence-electron chi connectivity index (χ1n) is 7.06. The van der Waals surface area contributed by atoms with E-state index in [1.165, 1.54) is 0 Å². The fourth-order valence-corrected chi connectivity index (χ4v) is 2.75. The summed E-state index contributed by atoms with van der Waals surface area (Å²) in [5.41, 5.74) is 0.873. The Labute approximate surface area is 140 Å². The molecule has 0 saturated carbocycles. The molecule has 0 aromatic heterocycles. The van der Waals surface area contributed by atoms with Gasteiger partial charge in [0.25, 0.3) is 0 Å². The number of alkyl halides is 3. The van der Waals surface area contributed by atoms with Crippen molar-refractivity contribution in [3.05, 3.63) is 34.3 Å². The van der Waals surface area contributed by atoms with Crippen molar-refractivity contribution in [3.8, 4) is 0 Å². The van der Waals surface area contributed by atoms with E-state index >= 15 is 0 Å². The highest BCUT2D eigenvalue weighted by Gasteiger charge is 2.40. The average molecular weight is 393 g/mol. The smallest absolute Gasteiger partial charge is 0.349 e. The zero-order valence-electron chi connectivity index (χ0n) is 12.4. The number of rotatable bonds is 4. The third-order valence-electron chi connectivity index (χ3n) is 3.68. The number of nitrogens with zero attached hydrogens (tertiary/aromatic N) is 1. The Morgan fingerprint density at radius 1 is 1.39 bits per heavy atom. The van der Waals surface area contributed by atoms with E-state index in [1.54, 1.807) is 6.92 Å². The van der Waals surface area contributed by atoms with E-state index in [0.717, 1.165) is 10.0 Å². The normalized spacial score (nSPS) is 19.8. The van der Waals surface area contributed by atoms with Crippen molar-refractivity contribution in [2.24, 2.45) is 5.92 Å². The molecular formula is C15H16BrF3N2O2. The molecule has 1 fully saturated rings. The van der Waals surface area contributed by atoms with Crippen LogP contribution in [0.15, 0.2) is 28.7 Å². The Balaban J connectivity index is 1.93. The summed E-state index contributed by atoms with van der Waals surface area (Å²) in [7, 11) is 0. The van der Waals surface area contributed by atoms with Gasteiger partial charge in [0.1, 0.15) is 6.54 Å². The number of likely N-dealkylation sites (tertiary alicyclic amines) is 1. The fourth-order valence-electron chi connectivity index (χ4n) is 2.48. The minimum atomic E-state index is -4.45. The molecule has 1 heterocycles. The third-order valence-corrected chi connectivity index (χ3v) is 4.21. The molecular weight excluding hydrogens is 377 g/mol. The van der Waals surface area contributed by atoms with E-state index in [2.05, 4.69) is 21.2 Å². The van der Waals surface area contributed by atoms with E-state index in [1.807, 2.05) is 24.3 Å². The Morgan fingerprint density at radius 3 is 2.57 bits per heavy atom. The molecule has 0 spiro atoms. The molecule has 2 amide bonds. The lowest BCUT2D eigenvalue weighted by Gasteiger charge is -2.19. The largest absolute Gasteiger partial charge is 0.406 e. The van der Waals surface area contributed by atoms with E-state index in [4.69, 9.17) is 0 Å². The fraction of sp³-hybridized carbons (Fsp3) is 0.467. The van der Waals surface area contributed by atoms with Crippen molar-refractivity contribution >= 4 is 27.7 Å². The molecule has 1 N–H and O–H groups in total. The highest BCUT2D eigenvalue weighted by molar-refractivity contribution is 9.10. The molecule has 2 rings (SSSR count). The van der Waals surface area contributed by atoms with E-state index in [-0.39, 0.29) is 19.0 Å². The van der Waals surface area contributed by atoms with Crippen LogP contribution in [0.4, 0.5) is 13.2 Å². The number of halogens is 4. The Kier molecular flexibility index (Phi) is 5.33. The predicted octanol–water partition coefficient (Wildman–Crippen LogP) is 3.04. The standard InChI is InChI=1S/C15H16BrF3N2O2/c1-9(10-2-4-12(16)5-3-10)20-14(23)11-6-13(22)21(7-11)8-15(17,18)19/h2-5,9,11H,6-8H2,1H3,(H,20,23)/t9-,11-/m1/s1. The molecule has 0 radical (unpaired) electrons. The van der Waals surface area contributed by atoms with E-state index in [9.17, 15) is 22.8 Å². The van der Waals surface area contributed by atoms with Gasteiger partial charge in [-0.15, -0.1) is 0 Å². The molecule has 2 atom stereocenters. The molecule has 1 aliphatic rings. The first-order valence-corrected chi connectivity index (χ1v) is 7.85. The second kappa shape index (κ2) is 6.90. The molecule has 1 aromatic carbocycles. The van der Waals surface area contributed by atoms with Crippen molar-refractivity contribution in [1.29, 1.82) is 0 Å². The minimum absolute atomic E-state index is 0.186. The Morgan fingerprint density at radius 2 is 2.00 bits per heavy atom. The van der Waals surface area contributed by atoms with Crippen molar-refractivity contribution in [2.75, 3.05) is 13.1 Å². The number of benzene rings is 1. The van der Waals surface area contributed by atoms with Crippen molar-refractivity contribution in [1.82, 2.24) is 10.2 Å². The number of hydrogen-bond acceptors (Lipinski definition) is 2. The molecule has 8 heteroatoms. The number of amides is 2. The molecule has 0 bridgehead atoms.